The number of carbonyl (C=O) groups excluding carboxylic acids is 1. The molecule has 0 radical (unpaired) electrons. The van der Waals surface area contributed by atoms with Crippen LogP contribution in [0.5, 0.6) is 0 Å². The minimum absolute atomic E-state index is 0. The van der Waals surface area contributed by atoms with Crippen LogP contribution in [0.2, 0.25) is 0 Å². The molecule has 0 aromatic heterocycles. The average Bonchev–Trinajstić information content (AvgIpc) is 2.84. The molecule has 4 heteroatoms. The maximum Gasteiger partial charge on any atom is 0.228 e. The van der Waals surface area contributed by atoms with Crippen LogP contribution < -0.4 is 5.32 Å². The van der Waals surface area contributed by atoms with Gasteiger partial charge in [-0.25, -0.2) is 0 Å². The van der Waals surface area contributed by atoms with Gasteiger partial charge in [0.15, 0.2) is 0 Å². The number of nitrogens with zero attached hydrogens (tertiary/aromatic N) is 1. The molecule has 0 aromatic rings. The zero-order valence-electron chi connectivity index (χ0n) is 10.4. The Bertz CT molecular complexity index is 249. The Morgan fingerprint density at radius 2 is 1.81 bits per heavy atom. The molecule has 1 atom stereocenters. The van der Waals surface area contributed by atoms with Crippen molar-refractivity contribution in [2.75, 3.05) is 13.1 Å². The molecular formula is C12H23ClN2O. The number of halogens is 1. The van der Waals surface area contributed by atoms with Crippen LogP contribution in [0.25, 0.3) is 0 Å². The summed E-state index contributed by atoms with van der Waals surface area (Å²) in [5, 5.41) is 3.18. The molecule has 2 fully saturated rings. The lowest BCUT2D eigenvalue weighted by Gasteiger charge is -2.37. The molecule has 1 saturated heterocycles. The van der Waals surface area contributed by atoms with Crippen LogP contribution in [0.1, 0.15) is 33.6 Å². The van der Waals surface area contributed by atoms with Crippen molar-refractivity contribution in [3.8, 4) is 0 Å². The van der Waals surface area contributed by atoms with Gasteiger partial charge >= 0.3 is 0 Å². The van der Waals surface area contributed by atoms with Crippen molar-refractivity contribution >= 4 is 18.3 Å². The molecule has 1 heterocycles. The highest BCUT2D eigenvalue weighted by molar-refractivity contribution is 5.85. The number of nitrogens with one attached hydrogen (secondary N) is 1. The highest BCUT2D eigenvalue weighted by Crippen LogP contribution is 2.32. The van der Waals surface area contributed by atoms with E-state index < -0.39 is 0 Å². The first-order valence-corrected chi connectivity index (χ1v) is 6.14. The minimum Gasteiger partial charge on any atom is -0.336 e. The molecule has 94 valence electrons. The van der Waals surface area contributed by atoms with Gasteiger partial charge in [-0.1, -0.05) is 13.8 Å². The second-order valence-electron chi connectivity index (χ2n) is 5.32. The predicted octanol–water partition coefficient (Wildman–Crippen LogP) is 1.66. The van der Waals surface area contributed by atoms with Gasteiger partial charge in [-0.05, 0) is 25.7 Å². The molecule has 1 saturated carbocycles. The first kappa shape index (κ1) is 13.8. The summed E-state index contributed by atoms with van der Waals surface area (Å²) in [6.07, 6.45) is 2.42. The smallest absolute Gasteiger partial charge is 0.228 e. The Kier molecular flexibility index (Phi) is 4.62. The van der Waals surface area contributed by atoms with E-state index in [2.05, 4.69) is 31.0 Å². The maximum atomic E-state index is 12.2. The first-order valence-electron chi connectivity index (χ1n) is 6.14. The Balaban J connectivity index is 0.00000128. The zero-order valence-corrected chi connectivity index (χ0v) is 11.2. The molecule has 0 spiro atoms. The summed E-state index contributed by atoms with van der Waals surface area (Å²) in [5.41, 5.74) is 0. The molecule has 1 amide bonds. The number of hydrogen-bond donors (Lipinski definition) is 1. The topological polar surface area (TPSA) is 32.3 Å². The summed E-state index contributed by atoms with van der Waals surface area (Å²) >= 11 is 0. The van der Waals surface area contributed by atoms with Crippen LogP contribution in [-0.2, 0) is 4.79 Å². The molecule has 0 bridgehead atoms. The van der Waals surface area contributed by atoms with Crippen molar-refractivity contribution in [1.29, 1.82) is 0 Å². The lowest BCUT2D eigenvalue weighted by atomic mass is 9.97. The normalized spacial score (nSPS) is 22.2. The van der Waals surface area contributed by atoms with Gasteiger partial charge in [0.2, 0.25) is 5.91 Å². The molecule has 1 N–H and O–H groups in total. The summed E-state index contributed by atoms with van der Waals surface area (Å²) in [4.78, 5) is 14.4. The highest BCUT2D eigenvalue weighted by Gasteiger charge is 2.40. The second-order valence-corrected chi connectivity index (χ2v) is 5.32. The molecule has 1 aliphatic heterocycles. The van der Waals surface area contributed by atoms with E-state index in [1.807, 2.05) is 0 Å². The lowest BCUT2D eigenvalue weighted by Crippen LogP contribution is -2.55. The van der Waals surface area contributed by atoms with Gasteiger partial charge in [0.1, 0.15) is 0 Å². The van der Waals surface area contributed by atoms with Gasteiger partial charge in [-0.15, -0.1) is 12.4 Å². The third-order valence-corrected chi connectivity index (χ3v) is 3.73. The van der Waals surface area contributed by atoms with Crippen molar-refractivity contribution in [2.24, 2.45) is 11.8 Å². The first-order chi connectivity index (χ1) is 7.11. The Morgan fingerprint density at radius 1 is 1.25 bits per heavy atom. The van der Waals surface area contributed by atoms with Crippen molar-refractivity contribution in [1.82, 2.24) is 10.2 Å². The molecule has 2 rings (SSSR count). The van der Waals surface area contributed by atoms with E-state index >= 15 is 0 Å². The Morgan fingerprint density at radius 3 is 2.12 bits per heavy atom. The van der Waals surface area contributed by atoms with E-state index in [1.54, 1.807) is 0 Å². The van der Waals surface area contributed by atoms with Gasteiger partial charge in [-0.3, -0.25) is 4.79 Å². The Hall–Kier alpha value is -0.280. The summed E-state index contributed by atoms with van der Waals surface area (Å²) in [6, 6.07) is 0.945. The summed E-state index contributed by atoms with van der Waals surface area (Å²) in [5.74, 6) is 1.20. The van der Waals surface area contributed by atoms with Crippen LogP contribution in [0.4, 0.5) is 0 Å². The van der Waals surface area contributed by atoms with E-state index in [9.17, 15) is 4.79 Å². The summed E-state index contributed by atoms with van der Waals surface area (Å²) in [6.45, 7) is 8.35. The number of amides is 1. The van der Waals surface area contributed by atoms with Crippen LogP contribution in [-0.4, -0.2) is 36.0 Å². The van der Waals surface area contributed by atoms with Gasteiger partial charge in [-0.2, -0.15) is 0 Å². The van der Waals surface area contributed by atoms with Crippen LogP contribution in [0, 0.1) is 11.8 Å². The molecule has 2 aliphatic rings. The van der Waals surface area contributed by atoms with Crippen molar-refractivity contribution in [3.63, 3.8) is 0 Å². The summed E-state index contributed by atoms with van der Waals surface area (Å²) < 4.78 is 0. The maximum absolute atomic E-state index is 12.2. The molecule has 1 unspecified atom stereocenters. The van der Waals surface area contributed by atoms with E-state index in [-0.39, 0.29) is 18.3 Å². The molecule has 16 heavy (non-hydrogen) atoms. The minimum atomic E-state index is 0. The van der Waals surface area contributed by atoms with E-state index in [0.29, 0.717) is 23.9 Å². The quantitative estimate of drug-likeness (QED) is 0.819. The van der Waals surface area contributed by atoms with Gasteiger partial charge in [0, 0.05) is 25.2 Å². The fourth-order valence-corrected chi connectivity index (χ4v) is 2.06. The van der Waals surface area contributed by atoms with Gasteiger partial charge in [0.25, 0.3) is 0 Å². The van der Waals surface area contributed by atoms with Gasteiger partial charge in [0.05, 0.1) is 5.92 Å². The van der Waals surface area contributed by atoms with Crippen LogP contribution in [0.3, 0.4) is 0 Å². The molecule has 1 aliphatic carbocycles. The molecule has 0 aromatic carbocycles. The SMILES string of the molecule is CC(C)C(C)N(C(=O)C1CNC1)C1CC1.Cl. The van der Waals surface area contributed by atoms with Crippen molar-refractivity contribution in [3.05, 3.63) is 0 Å². The lowest BCUT2D eigenvalue weighted by molar-refractivity contribution is -0.140. The number of rotatable bonds is 4. The fraction of sp³-hybridized carbons (Fsp3) is 0.917. The van der Waals surface area contributed by atoms with Crippen molar-refractivity contribution in [2.45, 2.75) is 45.7 Å². The highest BCUT2D eigenvalue weighted by atomic mass is 35.5. The standard InChI is InChI=1S/C12H22N2O.ClH/c1-8(2)9(3)14(11-4-5-11)12(15)10-6-13-7-10;/h8-11,13H,4-7H2,1-3H3;1H. The Labute approximate surface area is 104 Å². The molecular weight excluding hydrogens is 224 g/mol. The monoisotopic (exact) mass is 246 g/mol. The zero-order chi connectivity index (χ0) is 11.0. The van der Waals surface area contributed by atoms with E-state index in [4.69, 9.17) is 0 Å². The number of carbonyl (C=O) groups is 1. The second kappa shape index (κ2) is 5.37. The third-order valence-electron chi connectivity index (χ3n) is 3.73. The largest absolute Gasteiger partial charge is 0.336 e. The molecule has 3 nitrogen and oxygen atoms in total. The van der Waals surface area contributed by atoms with Crippen LogP contribution in [0.15, 0.2) is 0 Å². The fourth-order valence-electron chi connectivity index (χ4n) is 2.06. The van der Waals surface area contributed by atoms with Crippen LogP contribution >= 0.6 is 12.4 Å². The van der Waals surface area contributed by atoms with E-state index in [0.717, 1.165) is 13.1 Å². The predicted molar refractivity (Wildman–Crippen MR) is 67.8 cm³/mol. The summed E-state index contributed by atoms with van der Waals surface area (Å²) in [7, 11) is 0. The third kappa shape index (κ3) is 2.69. The average molecular weight is 247 g/mol. The van der Waals surface area contributed by atoms with Gasteiger partial charge < -0.3 is 10.2 Å². The number of hydrogen-bond acceptors (Lipinski definition) is 2. The van der Waals surface area contributed by atoms with E-state index in [1.165, 1.54) is 12.8 Å². The van der Waals surface area contributed by atoms with Crippen molar-refractivity contribution < 1.29 is 4.79 Å².